The van der Waals surface area contributed by atoms with Crippen LogP contribution in [0.5, 0.6) is 0 Å². The van der Waals surface area contributed by atoms with Gasteiger partial charge in [-0.2, -0.15) is 0 Å². The summed E-state index contributed by atoms with van der Waals surface area (Å²) in [5, 5.41) is 27.2. The van der Waals surface area contributed by atoms with E-state index in [1.165, 1.54) is 0 Å². The van der Waals surface area contributed by atoms with E-state index in [-0.39, 0.29) is 5.92 Å². The first-order valence-electron chi connectivity index (χ1n) is 9.72. The van der Waals surface area contributed by atoms with Crippen LogP contribution < -0.4 is 0 Å². The van der Waals surface area contributed by atoms with Gasteiger partial charge in [-0.05, 0) is 54.4 Å². The zero-order valence-corrected chi connectivity index (χ0v) is 18.0. The monoisotopic (exact) mass is 378 g/mol. The van der Waals surface area contributed by atoms with Crippen LogP contribution >= 0.6 is 0 Å². The first-order valence-corrected chi connectivity index (χ1v) is 9.72. The van der Waals surface area contributed by atoms with Crippen molar-refractivity contribution in [1.82, 2.24) is 0 Å². The molecule has 3 atom stereocenters. The summed E-state index contributed by atoms with van der Waals surface area (Å²) in [6, 6.07) is 0. The lowest BCUT2D eigenvalue weighted by molar-refractivity contribution is -0.406. The number of aliphatic hydroxyl groups excluding tert-OH is 2. The van der Waals surface area contributed by atoms with E-state index in [9.17, 15) is 15.0 Å². The Kier molecular flexibility index (Phi) is 14.3. The second kappa shape index (κ2) is 13.5. The molecule has 6 heteroatoms. The molecule has 158 valence electrons. The highest BCUT2D eigenvalue weighted by Gasteiger charge is 2.28. The van der Waals surface area contributed by atoms with E-state index in [0.29, 0.717) is 12.8 Å². The van der Waals surface area contributed by atoms with Gasteiger partial charge in [-0.3, -0.25) is 4.79 Å². The summed E-state index contributed by atoms with van der Waals surface area (Å²) in [6.07, 6.45) is 3.85. The molecular weight excluding hydrogens is 336 g/mol. The SMILES string of the molecule is CC(O)CC(C)(C)OOC(C)(C)CC(C)O.CCCCC(CC)C(=O)O. The molecule has 0 bridgehead atoms. The number of aliphatic hydroxyl groups is 2. The van der Waals surface area contributed by atoms with Crippen LogP contribution in [0.15, 0.2) is 0 Å². The van der Waals surface area contributed by atoms with Crippen LogP contribution in [0.3, 0.4) is 0 Å². The maximum Gasteiger partial charge on any atom is 0.306 e. The standard InChI is InChI=1S/C12H26O4.C8H16O2/c1-9(13)7-11(3,4)15-16-12(5,6)8-10(2)14;1-3-5-6-7(4-2)8(9)10/h9-10,13-14H,7-8H2,1-6H3;7H,3-6H2,1-2H3,(H,9,10). The molecule has 0 aliphatic carbocycles. The third-order valence-corrected chi connectivity index (χ3v) is 3.82. The van der Waals surface area contributed by atoms with Gasteiger partial charge in [0.25, 0.3) is 0 Å². The van der Waals surface area contributed by atoms with Crippen LogP contribution in [-0.2, 0) is 14.6 Å². The minimum Gasteiger partial charge on any atom is -0.481 e. The minimum absolute atomic E-state index is 0.111. The molecule has 0 saturated heterocycles. The van der Waals surface area contributed by atoms with Crippen LogP contribution in [0.1, 0.15) is 93.9 Å². The Morgan fingerprint density at radius 3 is 1.54 bits per heavy atom. The van der Waals surface area contributed by atoms with Crippen LogP contribution in [0, 0.1) is 5.92 Å². The van der Waals surface area contributed by atoms with Crippen molar-refractivity contribution in [3.63, 3.8) is 0 Å². The van der Waals surface area contributed by atoms with E-state index in [1.807, 2.05) is 34.6 Å². The predicted molar refractivity (Wildman–Crippen MR) is 104 cm³/mol. The molecule has 0 aromatic heterocycles. The van der Waals surface area contributed by atoms with E-state index in [1.54, 1.807) is 13.8 Å². The maximum absolute atomic E-state index is 10.4. The summed E-state index contributed by atoms with van der Waals surface area (Å²) in [6.45, 7) is 14.9. The molecule has 26 heavy (non-hydrogen) atoms. The van der Waals surface area contributed by atoms with E-state index >= 15 is 0 Å². The van der Waals surface area contributed by atoms with Gasteiger partial charge in [-0.15, -0.1) is 0 Å². The molecule has 0 heterocycles. The Bertz CT molecular complexity index is 341. The van der Waals surface area contributed by atoms with E-state index in [2.05, 4.69) is 6.92 Å². The van der Waals surface area contributed by atoms with Gasteiger partial charge in [-0.25, -0.2) is 9.78 Å². The summed E-state index contributed by atoms with van der Waals surface area (Å²) < 4.78 is 0. The van der Waals surface area contributed by atoms with Crippen LogP contribution in [0.2, 0.25) is 0 Å². The number of aliphatic carboxylic acids is 1. The summed E-state index contributed by atoms with van der Waals surface area (Å²) in [5.41, 5.74) is -1.08. The van der Waals surface area contributed by atoms with E-state index in [4.69, 9.17) is 14.9 Å². The summed E-state index contributed by atoms with van der Waals surface area (Å²) >= 11 is 0. The molecule has 0 radical (unpaired) electrons. The van der Waals surface area contributed by atoms with Crippen molar-refractivity contribution in [3.8, 4) is 0 Å². The van der Waals surface area contributed by atoms with Crippen molar-refractivity contribution in [3.05, 3.63) is 0 Å². The topological polar surface area (TPSA) is 96.2 Å². The number of hydrogen-bond acceptors (Lipinski definition) is 5. The molecule has 0 spiro atoms. The fourth-order valence-corrected chi connectivity index (χ4v) is 2.67. The second-order valence-electron chi connectivity index (χ2n) is 8.38. The number of hydrogen-bond donors (Lipinski definition) is 3. The highest BCUT2D eigenvalue weighted by molar-refractivity contribution is 5.69. The Hall–Kier alpha value is -0.690. The molecule has 0 saturated carbocycles. The lowest BCUT2D eigenvalue weighted by atomic mass is 10.00. The third kappa shape index (κ3) is 16.8. The van der Waals surface area contributed by atoms with Crippen molar-refractivity contribution in [2.24, 2.45) is 5.92 Å². The maximum atomic E-state index is 10.4. The van der Waals surface area contributed by atoms with E-state index in [0.717, 1.165) is 25.7 Å². The van der Waals surface area contributed by atoms with Gasteiger partial charge in [0.15, 0.2) is 0 Å². The number of carboxylic acids is 1. The Morgan fingerprint density at radius 2 is 1.31 bits per heavy atom. The molecule has 0 aliphatic heterocycles. The van der Waals surface area contributed by atoms with Crippen molar-refractivity contribution < 1.29 is 29.9 Å². The number of unbranched alkanes of at least 4 members (excludes halogenated alkanes) is 1. The third-order valence-electron chi connectivity index (χ3n) is 3.82. The number of carbonyl (C=O) groups is 1. The van der Waals surface area contributed by atoms with Gasteiger partial charge in [0.1, 0.15) is 11.2 Å². The smallest absolute Gasteiger partial charge is 0.306 e. The molecule has 0 rings (SSSR count). The summed E-state index contributed by atoms with van der Waals surface area (Å²) in [5.74, 6) is -0.754. The molecule has 6 nitrogen and oxygen atoms in total. The first-order chi connectivity index (χ1) is 11.8. The number of carboxylic acid groups (broad SMARTS) is 1. The lowest BCUT2D eigenvalue weighted by Gasteiger charge is -2.31. The summed E-state index contributed by atoms with van der Waals surface area (Å²) in [7, 11) is 0. The predicted octanol–water partition coefficient (Wildman–Crippen LogP) is 4.32. The average Bonchev–Trinajstić information content (AvgIpc) is 2.44. The molecular formula is C20H42O6. The lowest BCUT2D eigenvalue weighted by Crippen LogP contribution is -2.36. The van der Waals surface area contributed by atoms with Gasteiger partial charge in [0.05, 0.1) is 18.1 Å². The Balaban J connectivity index is 0. The number of rotatable bonds is 12. The van der Waals surface area contributed by atoms with Crippen LogP contribution in [-0.4, -0.2) is 44.7 Å². The van der Waals surface area contributed by atoms with Gasteiger partial charge in [0, 0.05) is 12.8 Å². The Morgan fingerprint density at radius 1 is 0.923 bits per heavy atom. The Labute approximate surface area is 159 Å². The molecule has 0 amide bonds. The summed E-state index contributed by atoms with van der Waals surface area (Å²) in [4.78, 5) is 21.1. The van der Waals surface area contributed by atoms with Gasteiger partial charge < -0.3 is 15.3 Å². The van der Waals surface area contributed by atoms with Crippen LogP contribution in [0.25, 0.3) is 0 Å². The molecule has 0 aliphatic rings. The fraction of sp³-hybridized carbons (Fsp3) is 0.950. The molecule has 0 aromatic rings. The molecule has 0 fully saturated rings. The van der Waals surface area contributed by atoms with Gasteiger partial charge >= 0.3 is 5.97 Å². The van der Waals surface area contributed by atoms with Gasteiger partial charge in [0.2, 0.25) is 0 Å². The quantitative estimate of drug-likeness (QED) is 0.346. The zero-order chi connectivity index (χ0) is 21.0. The van der Waals surface area contributed by atoms with Crippen molar-refractivity contribution >= 4 is 5.97 Å². The first kappa shape index (κ1) is 27.5. The van der Waals surface area contributed by atoms with Crippen LogP contribution in [0.4, 0.5) is 0 Å². The van der Waals surface area contributed by atoms with E-state index < -0.39 is 29.4 Å². The molecule has 0 aromatic carbocycles. The van der Waals surface area contributed by atoms with Crippen molar-refractivity contribution in [1.29, 1.82) is 0 Å². The second-order valence-corrected chi connectivity index (χ2v) is 8.38. The van der Waals surface area contributed by atoms with Gasteiger partial charge in [-0.1, -0.05) is 26.7 Å². The molecule has 3 N–H and O–H groups in total. The minimum atomic E-state index is -0.643. The normalized spacial score (nSPS) is 15.6. The highest BCUT2D eigenvalue weighted by Crippen LogP contribution is 2.24. The van der Waals surface area contributed by atoms with Crippen molar-refractivity contribution in [2.45, 2.75) is 117 Å². The van der Waals surface area contributed by atoms with Crippen molar-refractivity contribution in [2.75, 3.05) is 0 Å². The highest BCUT2D eigenvalue weighted by atomic mass is 17.2. The molecule has 3 unspecified atom stereocenters. The average molecular weight is 379 g/mol. The fourth-order valence-electron chi connectivity index (χ4n) is 2.67. The largest absolute Gasteiger partial charge is 0.481 e. The zero-order valence-electron chi connectivity index (χ0n) is 18.0.